The molecule has 3 nitrogen and oxygen atoms in total. The summed E-state index contributed by atoms with van der Waals surface area (Å²) in [6, 6.07) is 0. The number of carbonyl (C=O) groups is 1. The van der Waals surface area contributed by atoms with Crippen molar-refractivity contribution in [1.29, 1.82) is 0 Å². The van der Waals surface area contributed by atoms with E-state index in [1.54, 1.807) is 0 Å². The number of aliphatic carboxylic acids is 1. The summed E-state index contributed by atoms with van der Waals surface area (Å²) in [4.78, 5) is 12.9. The number of nitrogens with zero attached hydrogens (tertiary/aromatic N) is 1. The summed E-state index contributed by atoms with van der Waals surface area (Å²) in [5, 5.41) is 8.88. The Labute approximate surface area is 99.8 Å². The predicted octanol–water partition coefficient (Wildman–Crippen LogP) is 3.00. The monoisotopic (exact) mass is 229 g/mol. The number of carboxylic acids is 1. The fourth-order valence-electron chi connectivity index (χ4n) is 2.28. The molecule has 0 saturated carbocycles. The highest BCUT2D eigenvalue weighted by atomic mass is 16.4. The van der Waals surface area contributed by atoms with Crippen LogP contribution in [0.3, 0.4) is 0 Å². The summed E-state index contributed by atoms with van der Waals surface area (Å²) in [6.07, 6.45) is 4.39. The van der Waals surface area contributed by atoms with E-state index < -0.39 is 5.97 Å². The Morgan fingerprint density at radius 2 is 1.62 bits per heavy atom. The highest BCUT2D eigenvalue weighted by Gasteiger charge is 2.27. The molecule has 0 amide bonds. The van der Waals surface area contributed by atoms with Gasteiger partial charge in [-0.1, -0.05) is 27.7 Å². The third kappa shape index (κ3) is 4.97. The van der Waals surface area contributed by atoms with Crippen LogP contribution in [0, 0.1) is 5.41 Å². The third-order valence-electron chi connectivity index (χ3n) is 3.71. The molecule has 0 fully saturated rings. The van der Waals surface area contributed by atoms with E-state index in [-0.39, 0.29) is 6.54 Å². The van der Waals surface area contributed by atoms with Gasteiger partial charge < -0.3 is 5.11 Å². The van der Waals surface area contributed by atoms with Crippen molar-refractivity contribution in [3.63, 3.8) is 0 Å². The second-order valence-electron chi connectivity index (χ2n) is 4.67. The maximum atomic E-state index is 10.8. The van der Waals surface area contributed by atoms with Crippen LogP contribution in [0.1, 0.15) is 53.4 Å². The van der Waals surface area contributed by atoms with Gasteiger partial charge in [-0.15, -0.1) is 0 Å². The minimum absolute atomic E-state index is 0.176. The lowest BCUT2D eigenvalue weighted by Gasteiger charge is -2.36. The Bertz CT molecular complexity index is 192. The Hall–Kier alpha value is -0.570. The lowest BCUT2D eigenvalue weighted by molar-refractivity contribution is -0.138. The van der Waals surface area contributed by atoms with Gasteiger partial charge in [0.25, 0.3) is 0 Å². The zero-order valence-electron chi connectivity index (χ0n) is 11.3. The van der Waals surface area contributed by atoms with E-state index in [2.05, 4.69) is 32.6 Å². The molecule has 3 heteroatoms. The molecule has 0 unspecified atom stereocenters. The second-order valence-corrected chi connectivity index (χ2v) is 4.67. The van der Waals surface area contributed by atoms with Crippen molar-refractivity contribution in [3.8, 4) is 0 Å². The average Bonchev–Trinajstić information content (AvgIpc) is 2.25. The van der Waals surface area contributed by atoms with Crippen molar-refractivity contribution in [2.24, 2.45) is 5.41 Å². The summed E-state index contributed by atoms with van der Waals surface area (Å²) in [6.45, 7) is 10.7. The molecule has 0 aromatic rings. The summed E-state index contributed by atoms with van der Waals surface area (Å²) >= 11 is 0. The molecule has 0 spiro atoms. The predicted molar refractivity (Wildman–Crippen MR) is 67.7 cm³/mol. The van der Waals surface area contributed by atoms with Gasteiger partial charge in [-0.05, 0) is 37.6 Å². The maximum Gasteiger partial charge on any atom is 0.317 e. The number of hydrogen-bond donors (Lipinski definition) is 1. The average molecular weight is 229 g/mol. The van der Waals surface area contributed by atoms with Crippen molar-refractivity contribution in [2.75, 3.05) is 19.6 Å². The van der Waals surface area contributed by atoms with E-state index in [4.69, 9.17) is 5.11 Å². The van der Waals surface area contributed by atoms with Gasteiger partial charge in [0, 0.05) is 6.54 Å². The van der Waals surface area contributed by atoms with Gasteiger partial charge in [-0.2, -0.15) is 0 Å². The Morgan fingerprint density at radius 3 is 1.94 bits per heavy atom. The first-order valence-electron chi connectivity index (χ1n) is 6.47. The van der Waals surface area contributed by atoms with Gasteiger partial charge in [0.15, 0.2) is 0 Å². The molecule has 0 heterocycles. The Morgan fingerprint density at radius 1 is 1.12 bits per heavy atom. The molecule has 0 saturated heterocycles. The van der Waals surface area contributed by atoms with Gasteiger partial charge >= 0.3 is 5.97 Å². The standard InChI is InChI=1S/C13H27NO2/c1-5-9-14(10-12(15)16)11-13(6-2,7-3)8-4/h5-11H2,1-4H3,(H,15,16). The molecule has 0 bridgehead atoms. The minimum atomic E-state index is -0.717. The minimum Gasteiger partial charge on any atom is -0.480 e. The van der Waals surface area contributed by atoms with Crippen molar-refractivity contribution in [3.05, 3.63) is 0 Å². The molecule has 0 aliphatic heterocycles. The molecular weight excluding hydrogens is 202 g/mol. The van der Waals surface area contributed by atoms with Crippen LogP contribution in [-0.2, 0) is 4.79 Å². The zero-order valence-corrected chi connectivity index (χ0v) is 11.3. The van der Waals surface area contributed by atoms with Crippen LogP contribution in [0.15, 0.2) is 0 Å². The molecule has 16 heavy (non-hydrogen) atoms. The highest BCUT2D eigenvalue weighted by Crippen LogP contribution is 2.31. The lowest BCUT2D eigenvalue weighted by Crippen LogP contribution is -2.40. The first-order valence-corrected chi connectivity index (χ1v) is 6.47. The van der Waals surface area contributed by atoms with Crippen molar-refractivity contribution in [1.82, 2.24) is 4.90 Å². The number of rotatable bonds is 9. The molecule has 0 rings (SSSR count). The van der Waals surface area contributed by atoms with Gasteiger partial charge in [0.05, 0.1) is 6.54 Å². The fraction of sp³-hybridized carbons (Fsp3) is 0.923. The number of hydrogen-bond acceptors (Lipinski definition) is 2. The highest BCUT2D eigenvalue weighted by molar-refractivity contribution is 5.69. The molecule has 0 aromatic heterocycles. The van der Waals surface area contributed by atoms with E-state index in [1.165, 1.54) is 0 Å². The summed E-state index contributed by atoms with van der Waals surface area (Å²) in [7, 11) is 0. The van der Waals surface area contributed by atoms with Gasteiger partial charge in [0.1, 0.15) is 0 Å². The van der Waals surface area contributed by atoms with E-state index in [0.29, 0.717) is 5.41 Å². The van der Waals surface area contributed by atoms with Crippen LogP contribution in [0.25, 0.3) is 0 Å². The second kappa shape index (κ2) is 7.66. The van der Waals surface area contributed by atoms with Gasteiger partial charge in [-0.3, -0.25) is 9.69 Å². The molecule has 0 aromatic carbocycles. The van der Waals surface area contributed by atoms with E-state index in [9.17, 15) is 4.79 Å². The molecule has 96 valence electrons. The Kier molecular flexibility index (Phi) is 7.39. The van der Waals surface area contributed by atoms with Crippen molar-refractivity contribution in [2.45, 2.75) is 53.4 Å². The normalized spacial score (nSPS) is 12.1. The summed E-state index contributed by atoms with van der Waals surface area (Å²) in [5.74, 6) is -0.717. The van der Waals surface area contributed by atoms with Gasteiger partial charge in [-0.25, -0.2) is 0 Å². The van der Waals surface area contributed by atoms with E-state index >= 15 is 0 Å². The first-order chi connectivity index (χ1) is 7.53. The zero-order chi connectivity index (χ0) is 12.6. The third-order valence-corrected chi connectivity index (χ3v) is 3.71. The SMILES string of the molecule is CCCN(CC(=O)O)CC(CC)(CC)CC. The van der Waals surface area contributed by atoms with E-state index in [0.717, 1.165) is 38.8 Å². The molecule has 0 atom stereocenters. The molecule has 0 aliphatic rings. The first kappa shape index (κ1) is 15.4. The smallest absolute Gasteiger partial charge is 0.317 e. The topological polar surface area (TPSA) is 40.5 Å². The lowest BCUT2D eigenvalue weighted by atomic mass is 9.79. The van der Waals surface area contributed by atoms with Crippen LogP contribution in [0.4, 0.5) is 0 Å². The van der Waals surface area contributed by atoms with Crippen LogP contribution >= 0.6 is 0 Å². The molecule has 0 radical (unpaired) electrons. The fourth-order valence-corrected chi connectivity index (χ4v) is 2.28. The van der Waals surface area contributed by atoms with Crippen LogP contribution in [0.5, 0.6) is 0 Å². The van der Waals surface area contributed by atoms with Crippen LogP contribution in [0.2, 0.25) is 0 Å². The quantitative estimate of drug-likeness (QED) is 0.660. The Balaban J connectivity index is 4.49. The summed E-state index contributed by atoms with van der Waals surface area (Å²) in [5.41, 5.74) is 0.296. The van der Waals surface area contributed by atoms with Crippen LogP contribution in [-0.4, -0.2) is 35.6 Å². The maximum absolute atomic E-state index is 10.8. The van der Waals surface area contributed by atoms with E-state index in [1.807, 2.05) is 0 Å². The van der Waals surface area contributed by atoms with Crippen LogP contribution < -0.4 is 0 Å². The van der Waals surface area contributed by atoms with Crippen molar-refractivity contribution < 1.29 is 9.90 Å². The van der Waals surface area contributed by atoms with Gasteiger partial charge in [0.2, 0.25) is 0 Å². The summed E-state index contributed by atoms with van der Waals surface area (Å²) < 4.78 is 0. The largest absolute Gasteiger partial charge is 0.480 e. The molecule has 0 aliphatic carbocycles. The van der Waals surface area contributed by atoms with Crippen molar-refractivity contribution >= 4 is 5.97 Å². The molecular formula is C13H27NO2. The number of carboxylic acid groups (broad SMARTS) is 1. The molecule has 1 N–H and O–H groups in total.